The SMILES string of the molecule is CCNc1cc(C(=O)N(C)C(C)(C)CC)ccn1. The van der Waals surface area contributed by atoms with Gasteiger partial charge in [0.05, 0.1) is 0 Å². The number of hydrogen-bond acceptors (Lipinski definition) is 3. The van der Waals surface area contributed by atoms with Gasteiger partial charge in [-0.1, -0.05) is 6.92 Å². The van der Waals surface area contributed by atoms with E-state index in [0.29, 0.717) is 5.56 Å². The highest BCUT2D eigenvalue weighted by Gasteiger charge is 2.26. The molecule has 0 fully saturated rings. The van der Waals surface area contributed by atoms with Crippen molar-refractivity contribution in [1.29, 1.82) is 0 Å². The molecule has 0 aliphatic carbocycles. The molecule has 1 heterocycles. The first-order valence-corrected chi connectivity index (χ1v) is 6.40. The van der Waals surface area contributed by atoms with Gasteiger partial charge < -0.3 is 10.2 Å². The van der Waals surface area contributed by atoms with Crippen LogP contribution in [-0.4, -0.2) is 34.9 Å². The fourth-order valence-electron chi connectivity index (χ4n) is 1.55. The molecular formula is C14H23N3O. The highest BCUT2D eigenvalue weighted by Crippen LogP contribution is 2.19. The van der Waals surface area contributed by atoms with Crippen molar-refractivity contribution in [3.63, 3.8) is 0 Å². The highest BCUT2D eigenvalue weighted by atomic mass is 16.2. The fraction of sp³-hybridized carbons (Fsp3) is 0.571. The van der Waals surface area contributed by atoms with E-state index in [2.05, 4.69) is 31.1 Å². The maximum atomic E-state index is 12.4. The predicted octanol–water partition coefficient (Wildman–Crippen LogP) is 2.77. The summed E-state index contributed by atoms with van der Waals surface area (Å²) in [6, 6.07) is 3.56. The largest absolute Gasteiger partial charge is 0.370 e. The summed E-state index contributed by atoms with van der Waals surface area (Å²) in [6.07, 6.45) is 2.58. The molecule has 0 aliphatic heterocycles. The van der Waals surface area contributed by atoms with Crippen molar-refractivity contribution < 1.29 is 4.79 Å². The van der Waals surface area contributed by atoms with Crippen LogP contribution in [0.2, 0.25) is 0 Å². The number of carbonyl (C=O) groups is 1. The summed E-state index contributed by atoms with van der Waals surface area (Å²) in [6.45, 7) is 9.01. The van der Waals surface area contributed by atoms with E-state index in [1.54, 1.807) is 23.2 Å². The van der Waals surface area contributed by atoms with Gasteiger partial charge in [-0.05, 0) is 39.3 Å². The second kappa shape index (κ2) is 5.85. The van der Waals surface area contributed by atoms with Crippen LogP contribution in [0.25, 0.3) is 0 Å². The van der Waals surface area contributed by atoms with Gasteiger partial charge in [0.25, 0.3) is 5.91 Å². The summed E-state index contributed by atoms with van der Waals surface area (Å²) < 4.78 is 0. The second-order valence-corrected chi connectivity index (χ2v) is 4.99. The van der Waals surface area contributed by atoms with Crippen molar-refractivity contribution in [1.82, 2.24) is 9.88 Å². The summed E-state index contributed by atoms with van der Waals surface area (Å²) >= 11 is 0. The third kappa shape index (κ3) is 3.22. The zero-order valence-electron chi connectivity index (χ0n) is 11.9. The van der Waals surface area contributed by atoms with Crippen molar-refractivity contribution in [2.24, 2.45) is 0 Å². The molecular weight excluding hydrogens is 226 g/mol. The van der Waals surface area contributed by atoms with Crippen LogP contribution in [0.5, 0.6) is 0 Å². The molecule has 1 aromatic rings. The minimum Gasteiger partial charge on any atom is -0.370 e. The van der Waals surface area contributed by atoms with Gasteiger partial charge in [0.2, 0.25) is 0 Å². The van der Waals surface area contributed by atoms with Crippen molar-refractivity contribution in [2.45, 2.75) is 39.7 Å². The average molecular weight is 249 g/mol. The first kappa shape index (κ1) is 14.5. The third-order valence-corrected chi connectivity index (χ3v) is 3.44. The van der Waals surface area contributed by atoms with Crippen LogP contribution in [0, 0.1) is 0 Å². The zero-order chi connectivity index (χ0) is 13.8. The van der Waals surface area contributed by atoms with Crippen LogP contribution in [0.1, 0.15) is 44.5 Å². The van der Waals surface area contributed by atoms with Gasteiger partial charge in [0.1, 0.15) is 5.82 Å². The van der Waals surface area contributed by atoms with Gasteiger partial charge in [-0.2, -0.15) is 0 Å². The minimum absolute atomic E-state index is 0.0309. The summed E-state index contributed by atoms with van der Waals surface area (Å²) in [5.41, 5.74) is 0.531. The lowest BCUT2D eigenvalue weighted by Gasteiger charge is -2.35. The van der Waals surface area contributed by atoms with Crippen LogP contribution < -0.4 is 5.32 Å². The molecule has 100 valence electrons. The highest BCUT2D eigenvalue weighted by molar-refractivity contribution is 5.95. The number of amides is 1. The average Bonchev–Trinajstić information content (AvgIpc) is 2.37. The Morgan fingerprint density at radius 1 is 1.44 bits per heavy atom. The van der Waals surface area contributed by atoms with Gasteiger partial charge in [-0.3, -0.25) is 4.79 Å². The predicted molar refractivity (Wildman–Crippen MR) is 74.9 cm³/mol. The number of rotatable bonds is 5. The molecule has 0 atom stereocenters. The molecule has 0 bridgehead atoms. The van der Waals surface area contributed by atoms with Crippen molar-refractivity contribution >= 4 is 11.7 Å². The van der Waals surface area contributed by atoms with E-state index in [-0.39, 0.29) is 11.4 Å². The fourth-order valence-corrected chi connectivity index (χ4v) is 1.55. The Bertz CT molecular complexity index is 415. The number of nitrogens with zero attached hydrogens (tertiary/aromatic N) is 2. The summed E-state index contributed by atoms with van der Waals surface area (Å²) in [7, 11) is 1.85. The van der Waals surface area contributed by atoms with E-state index >= 15 is 0 Å². The Labute approximate surface area is 109 Å². The lowest BCUT2D eigenvalue weighted by atomic mass is 9.99. The van der Waals surface area contributed by atoms with Gasteiger partial charge >= 0.3 is 0 Å². The third-order valence-electron chi connectivity index (χ3n) is 3.44. The molecule has 1 aromatic heterocycles. The quantitative estimate of drug-likeness (QED) is 0.872. The Hall–Kier alpha value is -1.58. The number of pyridine rings is 1. The first-order valence-electron chi connectivity index (χ1n) is 6.40. The normalized spacial score (nSPS) is 11.2. The van der Waals surface area contributed by atoms with Crippen LogP contribution in [0.15, 0.2) is 18.3 Å². The maximum absolute atomic E-state index is 12.4. The number of hydrogen-bond donors (Lipinski definition) is 1. The molecule has 0 unspecified atom stereocenters. The smallest absolute Gasteiger partial charge is 0.254 e. The maximum Gasteiger partial charge on any atom is 0.254 e. The monoisotopic (exact) mass is 249 g/mol. The summed E-state index contributed by atoms with van der Waals surface area (Å²) in [4.78, 5) is 18.3. The van der Waals surface area contributed by atoms with E-state index < -0.39 is 0 Å². The molecule has 0 spiro atoms. The van der Waals surface area contributed by atoms with E-state index in [9.17, 15) is 4.79 Å². The van der Waals surface area contributed by atoms with Gasteiger partial charge in [-0.25, -0.2) is 4.98 Å². The molecule has 0 saturated carbocycles. The van der Waals surface area contributed by atoms with Crippen LogP contribution >= 0.6 is 0 Å². The molecule has 1 amide bonds. The Morgan fingerprint density at radius 3 is 2.67 bits per heavy atom. The standard InChI is InChI=1S/C14H23N3O/c1-6-14(3,4)17(5)13(18)11-8-9-16-12(10-11)15-7-2/h8-10H,6-7H2,1-5H3,(H,15,16). The topological polar surface area (TPSA) is 45.2 Å². The molecule has 4 nitrogen and oxygen atoms in total. The number of anilines is 1. The lowest BCUT2D eigenvalue weighted by molar-refractivity contribution is 0.0620. The Kier molecular flexibility index (Phi) is 4.70. The van der Waals surface area contributed by atoms with Gasteiger partial charge in [0.15, 0.2) is 0 Å². The summed E-state index contributed by atoms with van der Waals surface area (Å²) in [5.74, 6) is 0.773. The number of carbonyl (C=O) groups excluding carboxylic acids is 1. The van der Waals surface area contributed by atoms with E-state index in [4.69, 9.17) is 0 Å². The van der Waals surface area contributed by atoms with E-state index in [1.165, 1.54) is 0 Å². The van der Waals surface area contributed by atoms with Gasteiger partial charge in [-0.15, -0.1) is 0 Å². The Morgan fingerprint density at radius 2 is 2.11 bits per heavy atom. The molecule has 1 N–H and O–H groups in total. The lowest BCUT2D eigenvalue weighted by Crippen LogP contribution is -2.44. The van der Waals surface area contributed by atoms with Crippen molar-refractivity contribution in [3.05, 3.63) is 23.9 Å². The first-order chi connectivity index (χ1) is 8.42. The van der Waals surface area contributed by atoms with Crippen LogP contribution in [0.4, 0.5) is 5.82 Å². The second-order valence-electron chi connectivity index (χ2n) is 4.99. The number of aromatic nitrogens is 1. The Balaban J connectivity index is 2.93. The van der Waals surface area contributed by atoms with E-state index in [0.717, 1.165) is 18.8 Å². The molecule has 18 heavy (non-hydrogen) atoms. The van der Waals surface area contributed by atoms with E-state index in [1.807, 2.05) is 14.0 Å². The van der Waals surface area contributed by atoms with Crippen LogP contribution in [-0.2, 0) is 0 Å². The van der Waals surface area contributed by atoms with Crippen LogP contribution in [0.3, 0.4) is 0 Å². The molecule has 0 saturated heterocycles. The molecule has 0 radical (unpaired) electrons. The molecule has 4 heteroatoms. The van der Waals surface area contributed by atoms with Crippen molar-refractivity contribution in [3.8, 4) is 0 Å². The minimum atomic E-state index is -0.140. The molecule has 0 aromatic carbocycles. The number of nitrogens with one attached hydrogen (secondary N) is 1. The summed E-state index contributed by atoms with van der Waals surface area (Å²) in [5, 5.41) is 3.11. The van der Waals surface area contributed by atoms with Gasteiger partial charge in [0, 0.05) is 30.9 Å². The van der Waals surface area contributed by atoms with Crippen molar-refractivity contribution in [2.75, 3.05) is 18.9 Å². The molecule has 1 rings (SSSR count). The zero-order valence-corrected chi connectivity index (χ0v) is 11.9. The molecule has 0 aliphatic rings.